The quantitative estimate of drug-likeness (QED) is 0.889. The molecule has 1 atom stereocenters. The van der Waals surface area contributed by atoms with Gasteiger partial charge in [-0.25, -0.2) is 4.68 Å². The molecule has 90 valence electrons. The zero-order valence-corrected chi connectivity index (χ0v) is 12.0. The number of rotatable bonds is 2. The lowest BCUT2D eigenvalue weighted by atomic mass is 10.1. The molecule has 2 rings (SSSR count). The highest BCUT2D eigenvalue weighted by Gasteiger charge is 2.12. The minimum Gasteiger partial charge on any atom is -0.284 e. The van der Waals surface area contributed by atoms with Gasteiger partial charge in [0.15, 0.2) is 0 Å². The summed E-state index contributed by atoms with van der Waals surface area (Å²) in [6, 6.07) is 6.77. The zero-order valence-electron chi connectivity index (χ0n) is 8.88. The molecule has 0 fully saturated rings. The van der Waals surface area contributed by atoms with Crippen molar-refractivity contribution in [1.82, 2.24) is 9.78 Å². The SMILES string of the molecule is CC(c1ccc(Br)c(Cl)c1)n1[nH]c(Cl)cc1=O. The Hall–Kier alpha value is -0.710. The summed E-state index contributed by atoms with van der Waals surface area (Å²) in [7, 11) is 0. The summed E-state index contributed by atoms with van der Waals surface area (Å²) in [5, 5.41) is 3.73. The summed E-state index contributed by atoms with van der Waals surface area (Å²) in [6.07, 6.45) is 0. The Morgan fingerprint density at radius 1 is 1.35 bits per heavy atom. The summed E-state index contributed by atoms with van der Waals surface area (Å²) >= 11 is 15.1. The van der Waals surface area contributed by atoms with Gasteiger partial charge in [0, 0.05) is 10.5 Å². The van der Waals surface area contributed by atoms with Gasteiger partial charge in [0.1, 0.15) is 5.15 Å². The van der Waals surface area contributed by atoms with Gasteiger partial charge in [-0.05, 0) is 40.5 Å². The van der Waals surface area contributed by atoms with Crippen LogP contribution in [0.2, 0.25) is 10.2 Å². The zero-order chi connectivity index (χ0) is 12.6. The molecule has 0 radical (unpaired) electrons. The number of H-pyrrole nitrogens is 1. The molecule has 1 N–H and O–H groups in total. The van der Waals surface area contributed by atoms with Crippen molar-refractivity contribution in [3.05, 3.63) is 54.8 Å². The Bertz CT molecular complexity index is 606. The summed E-state index contributed by atoms with van der Waals surface area (Å²) < 4.78 is 2.29. The lowest BCUT2D eigenvalue weighted by Gasteiger charge is -2.13. The number of hydrogen-bond donors (Lipinski definition) is 1. The third-order valence-electron chi connectivity index (χ3n) is 2.53. The van der Waals surface area contributed by atoms with E-state index in [-0.39, 0.29) is 11.6 Å². The van der Waals surface area contributed by atoms with Crippen LogP contribution in [-0.2, 0) is 0 Å². The standard InChI is InChI=1S/C11H9BrCl2N2O/c1-6(16-11(17)5-10(14)15-16)7-2-3-8(12)9(13)4-7/h2-6,15H,1H3. The predicted octanol–water partition coefficient (Wildman–Crippen LogP) is 3.86. The Kier molecular flexibility index (Phi) is 3.66. The highest BCUT2D eigenvalue weighted by atomic mass is 79.9. The monoisotopic (exact) mass is 334 g/mol. The average Bonchev–Trinajstić information content (AvgIpc) is 2.61. The van der Waals surface area contributed by atoms with Crippen molar-refractivity contribution < 1.29 is 0 Å². The third kappa shape index (κ3) is 2.59. The van der Waals surface area contributed by atoms with Crippen LogP contribution in [0.25, 0.3) is 0 Å². The second-order valence-electron chi connectivity index (χ2n) is 3.66. The van der Waals surface area contributed by atoms with E-state index in [2.05, 4.69) is 21.0 Å². The Labute approximate surface area is 116 Å². The van der Waals surface area contributed by atoms with Gasteiger partial charge in [-0.2, -0.15) is 0 Å². The third-order valence-corrected chi connectivity index (χ3v) is 3.95. The molecule has 0 aliphatic heterocycles. The van der Waals surface area contributed by atoms with Crippen LogP contribution in [-0.4, -0.2) is 9.78 Å². The van der Waals surface area contributed by atoms with Crippen molar-refractivity contribution in [2.24, 2.45) is 0 Å². The highest BCUT2D eigenvalue weighted by molar-refractivity contribution is 9.10. The smallest absolute Gasteiger partial charge is 0.268 e. The molecule has 1 heterocycles. The largest absolute Gasteiger partial charge is 0.284 e. The first kappa shape index (κ1) is 12.7. The van der Waals surface area contributed by atoms with Gasteiger partial charge in [-0.3, -0.25) is 9.89 Å². The van der Waals surface area contributed by atoms with Gasteiger partial charge in [-0.15, -0.1) is 0 Å². The summed E-state index contributed by atoms with van der Waals surface area (Å²) in [6.45, 7) is 1.90. The van der Waals surface area contributed by atoms with Gasteiger partial charge in [0.05, 0.1) is 11.1 Å². The topological polar surface area (TPSA) is 37.8 Å². The normalized spacial score (nSPS) is 12.7. The molecule has 3 nitrogen and oxygen atoms in total. The molecular formula is C11H9BrCl2N2O. The van der Waals surface area contributed by atoms with Gasteiger partial charge in [0.2, 0.25) is 0 Å². The van der Waals surface area contributed by atoms with Crippen LogP contribution in [0.3, 0.4) is 0 Å². The van der Waals surface area contributed by atoms with Crippen molar-refractivity contribution in [2.45, 2.75) is 13.0 Å². The van der Waals surface area contributed by atoms with Crippen LogP contribution in [0.5, 0.6) is 0 Å². The maximum Gasteiger partial charge on any atom is 0.268 e. The first-order valence-electron chi connectivity index (χ1n) is 4.91. The van der Waals surface area contributed by atoms with Crippen molar-refractivity contribution in [3.63, 3.8) is 0 Å². The van der Waals surface area contributed by atoms with Crippen LogP contribution < -0.4 is 5.56 Å². The molecule has 1 aromatic heterocycles. The van der Waals surface area contributed by atoms with E-state index in [1.807, 2.05) is 25.1 Å². The fourth-order valence-corrected chi connectivity index (χ4v) is 2.21. The van der Waals surface area contributed by atoms with E-state index in [1.165, 1.54) is 10.7 Å². The van der Waals surface area contributed by atoms with Crippen LogP contribution in [0.4, 0.5) is 0 Å². The van der Waals surface area contributed by atoms with E-state index in [4.69, 9.17) is 23.2 Å². The van der Waals surface area contributed by atoms with Gasteiger partial charge >= 0.3 is 0 Å². The van der Waals surface area contributed by atoms with E-state index in [0.29, 0.717) is 10.2 Å². The maximum absolute atomic E-state index is 11.6. The van der Waals surface area contributed by atoms with E-state index in [9.17, 15) is 4.79 Å². The molecule has 0 saturated carbocycles. The van der Waals surface area contributed by atoms with E-state index in [0.717, 1.165) is 10.0 Å². The fourth-order valence-electron chi connectivity index (χ4n) is 1.59. The Balaban J connectivity index is 2.43. The van der Waals surface area contributed by atoms with Crippen LogP contribution in [0.15, 0.2) is 33.5 Å². The molecule has 0 aliphatic carbocycles. The molecule has 0 bridgehead atoms. The number of benzene rings is 1. The van der Waals surface area contributed by atoms with Crippen LogP contribution in [0.1, 0.15) is 18.5 Å². The van der Waals surface area contributed by atoms with Crippen LogP contribution in [0, 0.1) is 0 Å². The number of nitrogens with one attached hydrogen (secondary N) is 1. The molecule has 0 saturated heterocycles. The van der Waals surface area contributed by atoms with Crippen molar-refractivity contribution in [1.29, 1.82) is 0 Å². The highest BCUT2D eigenvalue weighted by Crippen LogP contribution is 2.27. The molecule has 1 aromatic carbocycles. The minimum absolute atomic E-state index is 0.152. The van der Waals surface area contributed by atoms with E-state index in [1.54, 1.807) is 0 Å². The average molecular weight is 336 g/mol. The predicted molar refractivity (Wildman–Crippen MR) is 73.0 cm³/mol. The molecule has 17 heavy (non-hydrogen) atoms. The summed E-state index contributed by atoms with van der Waals surface area (Å²) in [4.78, 5) is 11.6. The molecule has 0 spiro atoms. The molecule has 1 unspecified atom stereocenters. The van der Waals surface area contributed by atoms with E-state index >= 15 is 0 Å². The number of hydrogen-bond acceptors (Lipinski definition) is 1. The summed E-state index contributed by atoms with van der Waals surface area (Å²) in [5.74, 6) is 0. The number of nitrogens with zero attached hydrogens (tertiary/aromatic N) is 1. The van der Waals surface area contributed by atoms with Crippen LogP contribution >= 0.6 is 39.1 Å². The number of aromatic nitrogens is 2. The number of halogens is 3. The van der Waals surface area contributed by atoms with Gasteiger partial charge < -0.3 is 0 Å². The first-order valence-corrected chi connectivity index (χ1v) is 6.46. The number of aromatic amines is 1. The van der Waals surface area contributed by atoms with Crippen molar-refractivity contribution in [2.75, 3.05) is 0 Å². The molecular weight excluding hydrogens is 327 g/mol. The molecule has 0 amide bonds. The van der Waals surface area contributed by atoms with Gasteiger partial charge in [-0.1, -0.05) is 29.3 Å². The van der Waals surface area contributed by atoms with Crippen molar-refractivity contribution in [3.8, 4) is 0 Å². The lowest BCUT2D eigenvalue weighted by molar-refractivity contribution is 0.548. The second-order valence-corrected chi connectivity index (χ2v) is 5.33. The molecule has 0 aliphatic rings. The van der Waals surface area contributed by atoms with Gasteiger partial charge in [0.25, 0.3) is 5.56 Å². The first-order chi connectivity index (χ1) is 7.99. The Morgan fingerprint density at radius 2 is 2.06 bits per heavy atom. The maximum atomic E-state index is 11.6. The minimum atomic E-state index is -0.165. The van der Waals surface area contributed by atoms with Crippen molar-refractivity contribution >= 4 is 39.1 Å². The summed E-state index contributed by atoms with van der Waals surface area (Å²) in [5.41, 5.74) is 0.764. The lowest BCUT2D eigenvalue weighted by Crippen LogP contribution is -2.20. The Morgan fingerprint density at radius 3 is 2.59 bits per heavy atom. The second kappa shape index (κ2) is 4.88. The molecule has 6 heteroatoms. The fraction of sp³-hybridized carbons (Fsp3) is 0.182. The van der Waals surface area contributed by atoms with E-state index < -0.39 is 0 Å². The molecule has 2 aromatic rings.